The minimum Gasteiger partial charge on any atom is -0.480 e. The van der Waals surface area contributed by atoms with Crippen LogP contribution in [0, 0.1) is 0 Å². The molecule has 0 fully saturated rings. The topological polar surface area (TPSA) is 47.5 Å². The van der Waals surface area contributed by atoms with E-state index < -0.39 is 0 Å². The van der Waals surface area contributed by atoms with Gasteiger partial charge in [-0.3, -0.25) is 4.90 Å². The van der Waals surface area contributed by atoms with Crippen LogP contribution in [0.15, 0.2) is 24.4 Å². The summed E-state index contributed by atoms with van der Waals surface area (Å²) in [4.78, 5) is 10.8. The lowest BCUT2D eigenvalue weighted by Gasteiger charge is -2.32. The summed E-state index contributed by atoms with van der Waals surface area (Å²) in [5.41, 5.74) is 4.73. The molecule has 116 valence electrons. The molecule has 0 saturated heterocycles. The van der Waals surface area contributed by atoms with Crippen molar-refractivity contribution >= 4 is 0 Å². The van der Waals surface area contributed by atoms with Crippen molar-refractivity contribution in [2.45, 2.75) is 19.4 Å². The van der Waals surface area contributed by atoms with Gasteiger partial charge in [0.15, 0.2) is 0 Å². The van der Waals surface area contributed by atoms with E-state index in [2.05, 4.69) is 47.0 Å². The van der Waals surface area contributed by atoms with Crippen LogP contribution in [0.2, 0.25) is 0 Å². The van der Waals surface area contributed by atoms with Gasteiger partial charge in [-0.05, 0) is 43.1 Å². The lowest BCUT2D eigenvalue weighted by molar-refractivity contribution is 0.247. The van der Waals surface area contributed by atoms with E-state index in [1.54, 1.807) is 20.4 Å². The van der Waals surface area contributed by atoms with E-state index in [0.717, 1.165) is 24.1 Å². The van der Waals surface area contributed by atoms with Crippen LogP contribution < -0.4 is 9.47 Å². The number of benzene rings is 1. The first kappa shape index (κ1) is 14.8. The van der Waals surface area contributed by atoms with Crippen LogP contribution in [0.4, 0.5) is 0 Å². The Morgan fingerprint density at radius 2 is 2.05 bits per heavy atom. The first-order chi connectivity index (χ1) is 10.6. The number of hydrogen-bond donors (Lipinski definition) is 0. The highest BCUT2D eigenvalue weighted by atomic mass is 16.5. The molecule has 0 aliphatic carbocycles. The van der Waals surface area contributed by atoms with Crippen molar-refractivity contribution in [3.63, 3.8) is 0 Å². The number of methoxy groups -OCH3 is 2. The number of hydrogen-bond acceptors (Lipinski definition) is 5. The molecule has 0 saturated carbocycles. The fraction of sp³-hybridized carbons (Fsp3) is 0.412. The van der Waals surface area contributed by atoms with Crippen LogP contribution in [0.1, 0.15) is 24.1 Å². The molecule has 1 atom stereocenters. The maximum atomic E-state index is 5.39. The molecule has 22 heavy (non-hydrogen) atoms. The Morgan fingerprint density at radius 1 is 1.23 bits per heavy atom. The van der Waals surface area contributed by atoms with Crippen LogP contribution >= 0.6 is 0 Å². The van der Waals surface area contributed by atoms with Gasteiger partial charge in [-0.15, -0.1) is 0 Å². The smallest absolute Gasteiger partial charge is 0.319 e. The Bertz CT molecular complexity index is 688. The zero-order chi connectivity index (χ0) is 15.7. The second kappa shape index (κ2) is 5.93. The number of nitrogens with zero attached hydrogens (tertiary/aromatic N) is 3. The molecular weight excluding hydrogens is 278 g/mol. The molecule has 3 rings (SSSR count). The SMILES string of the molecule is COc1ncc(-c2ccc3c(c2)C(C)N(C)CC3)c(OC)n1. The van der Waals surface area contributed by atoms with E-state index >= 15 is 0 Å². The van der Waals surface area contributed by atoms with E-state index in [-0.39, 0.29) is 0 Å². The Morgan fingerprint density at radius 3 is 2.77 bits per heavy atom. The normalized spacial score (nSPS) is 17.9. The first-order valence-electron chi connectivity index (χ1n) is 7.42. The average molecular weight is 299 g/mol. The van der Waals surface area contributed by atoms with E-state index in [9.17, 15) is 0 Å². The molecule has 0 bridgehead atoms. The van der Waals surface area contributed by atoms with Gasteiger partial charge in [-0.25, -0.2) is 4.98 Å². The van der Waals surface area contributed by atoms with Crippen molar-refractivity contribution in [3.05, 3.63) is 35.5 Å². The van der Waals surface area contributed by atoms with Gasteiger partial charge in [0.2, 0.25) is 5.88 Å². The van der Waals surface area contributed by atoms with Crippen LogP contribution in [0.3, 0.4) is 0 Å². The van der Waals surface area contributed by atoms with Crippen LogP contribution in [-0.4, -0.2) is 42.7 Å². The van der Waals surface area contributed by atoms with Gasteiger partial charge < -0.3 is 9.47 Å². The Hall–Kier alpha value is -2.14. The van der Waals surface area contributed by atoms with Gasteiger partial charge >= 0.3 is 6.01 Å². The van der Waals surface area contributed by atoms with Crippen molar-refractivity contribution in [3.8, 4) is 23.0 Å². The standard InChI is InChI=1S/C17H21N3O2/c1-11-14-9-13(6-5-12(14)7-8-20(11)2)15-10-18-17(22-4)19-16(15)21-3/h5-6,9-11H,7-8H2,1-4H3. The number of aromatic nitrogens is 2. The van der Waals surface area contributed by atoms with E-state index in [4.69, 9.17) is 9.47 Å². The van der Waals surface area contributed by atoms with E-state index in [1.807, 2.05) is 0 Å². The Kier molecular flexibility index (Phi) is 3.98. The van der Waals surface area contributed by atoms with Gasteiger partial charge in [-0.2, -0.15) is 4.98 Å². The van der Waals surface area contributed by atoms with Gasteiger partial charge in [0, 0.05) is 18.8 Å². The highest BCUT2D eigenvalue weighted by molar-refractivity contribution is 5.69. The molecular formula is C17H21N3O2. The largest absolute Gasteiger partial charge is 0.480 e. The lowest BCUT2D eigenvalue weighted by atomic mass is 9.91. The summed E-state index contributed by atoms with van der Waals surface area (Å²) < 4.78 is 10.5. The summed E-state index contributed by atoms with van der Waals surface area (Å²) in [6.07, 6.45) is 2.84. The second-order valence-electron chi connectivity index (χ2n) is 5.60. The molecule has 0 spiro atoms. The summed E-state index contributed by atoms with van der Waals surface area (Å²) in [7, 11) is 5.32. The van der Waals surface area contributed by atoms with E-state index in [0.29, 0.717) is 17.9 Å². The van der Waals surface area contributed by atoms with Crippen molar-refractivity contribution in [1.82, 2.24) is 14.9 Å². The predicted molar refractivity (Wildman–Crippen MR) is 85.3 cm³/mol. The highest BCUT2D eigenvalue weighted by Crippen LogP contribution is 2.35. The van der Waals surface area contributed by atoms with Crippen LogP contribution in [0.25, 0.3) is 11.1 Å². The summed E-state index contributed by atoms with van der Waals surface area (Å²) in [5.74, 6) is 0.531. The second-order valence-corrected chi connectivity index (χ2v) is 5.60. The summed E-state index contributed by atoms with van der Waals surface area (Å²) in [6.45, 7) is 3.34. The fourth-order valence-electron chi connectivity index (χ4n) is 2.91. The molecule has 1 aliphatic rings. The lowest BCUT2D eigenvalue weighted by Crippen LogP contribution is -2.30. The third-order valence-electron chi connectivity index (χ3n) is 4.41. The Balaban J connectivity index is 2.06. The molecule has 5 heteroatoms. The fourth-order valence-corrected chi connectivity index (χ4v) is 2.91. The van der Waals surface area contributed by atoms with E-state index in [1.165, 1.54) is 11.1 Å². The number of ether oxygens (including phenoxy) is 2. The van der Waals surface area contributed by atoms with Gasteiger partial charge in [0.05, 0.1) is 19.8 Å². The minimum atomic E-state index is 0.312. The molecule has 1 unspecified atom stereocenters. The quantitative estimate of drug-likeness (QED) is 0.872. The maximum Gasteiger partial charge on any atom is 0.319 e. The van der Waals surface area contributed by atoms with Crippen molar-refractivity contribution < 1.29 is 9.47 Å². The Labute approximate surface area is 130 Å². The molecule has 0 amide bonds. The molecule has 0 N–H and O–H groups in total. The van der Waals surface area contributed by atoms with Crippen LogP contribution in [0.5, 0.6) is 11.9 Å². The van der Waals surface area contributed by atoms with Crippen molar-refractivity contribution in [2.24, 2.45) is 0 Å². The summed E-state index contributed by atoms with van der Waals surface area (Å²) in [5, 5.41) is 0. The minimum absolute atomic E-state index is 0.312. The predicted octanol–water partition coefficient (Wildman–Crippen LogP) is 2.71. The van der Waals surface area contributed by atoms with Gasteiger partial charge in [-0.1, -0.05) is 12.1 Å². The average Bonchev–Trinajstić information content (AvgIpc) is 2.57. The molecule has 2 heterocycles. The molecule has 1 aromatic heterocycles. The molecule has 5 nitrogen and oxygen atoms in total. The molecule has 1 aliphatic heterocycles. The highest BCUT2D eigenvalue weighted by Gasteiger charge is 2.22. The third kappa shape index (κ3) is 2.52. The van der Waals surface area contributed by atoms with Gasteiger partial charge in [0.25, 0.3) is 0 Å². The molecule has 1 aromatic carbocycles. The van der Waals surface area contributed by atoms with Crippen LogP contribution in [-0.2, 0) is 6.42 Å². The molecule has 2 aromatic rings. The zero-order valence-electron chi connectivity index (χ0n) is 13.5. The zero-order valence-corrected chi connectivity index (χ0v) is 13.5. The number of likely N-dealkylation sites (N-methyl/N-ethyl adjacent to an activating group) is 1. The first-order valence-corrected chi connectivity index (χ1v) is 7.42. The summed E-state index contributed by atoms with van der Waals surface area (Å²) >= 11 is 0. The number of rotatable bonds is 3. The number of fused-ring (bicyclic) bond motifs is 1. The third-order valence-corrected chi connectivity index (χ3v) is 4.41. The van der Waals surface area contributed by atoms with Gasteiger partial charge in [0.1, 0.15) is 0 Å². The summed E-state index contributed by atoms with van der Waals surface area (Å²) in [6, 6.07) is 7.27. The monoisotopic (exact) mass is 299 g/mol. The van der Waals surface area contributed by atoms with Crippen molar-refractivity contribution in [1.29, 1.82) is 0 Å². The van der Waals surface area contributed by atoms with Crippen molar-refractivity contribution in [2.75, 3.05) is 27.8 Å². The molecule has 0 radical (unpaired) electrons. The maximum absolute atomic E-state index is 5.39.